The van der Waals surface area contributed by atoms with Gasteiger partial charge in [-0.2, -0.15) is 5.26 Å². The number of hydrogen-bond donors (Lipinski definition) is 1. The molecular weight excluding hydrogens is 364 g/mol. The number of ketones is 1. The summed E-state index contributed by atoms with van der Waals surface area (Å²) in [7, 11) is 0. The molecule has 1 fully saturated rings. The normalized spacial score (nSPS) is 21.3. The quantitative estimate of drug-likeness (QED) is 0.709. The molecule has 0 spiro atoms. The second kappa shape index (κ2) is 7.81. The van der Waals surface area contributed by atoms with E-state index in [0.717, 1.165) is 19.3 Å². The summed E-state index contributed by atoms with van der Waals surface area (Å²) in [6.07, 6.45) is 5.23. The minimum Gasteiger partial charge on any atom is -0.462 e. The van der Waals surface area contributed by atoms with Crippen LogP contribution in [0.1, 0.15) is 78.0 Å². The Kier molecular flexibility index (Phi) is 5.66. The Hall–Kier alpha value is -2.20. The first-order chi connectivity index (χ1) is 12.9. The maximum atomic E-state index is 13.5. The Morgan fingerprint density at radius 1 is 1.41 bits per heavy atom. The molecule has 3 rings (SSSR count). The predicted octanol–water partition coefficient (Wildman–Crippen LogP) is 4.10. The van der Waals surface area contributed by atoms with Crippen LogP contribution in [0, 0.1) is 22.7 Å². The van der Waals surface area contributed by atoms with Crippen molar-refractivity contribution in [2.45, 2.75) is 58.8 Å². The molecule has 1 aromatic heterocycles. The third-order valence-corrected chi connectivity index (χ3v) is 6.56. The lowest BCUT2D eigenvalue weighted by atomic mass is 9.67. The van der Waals surface area contributed by atoms with Crippen molar-refractivity contribution in [3.63, 3.8) is 0 Å². The fourth-order valence-corrected chi connectivity index (χ4v) is 5.32. The van der Waals surface area contributed by atoms with E-state index >= 15 is 0 Å². The first-order valence-corrected chi connectivity index (χ1v) is 10.3. The van der Waals surface area contributed by atoms with Crippen LogP contribution in [0.25, 0.3) is 0 Å². The monoisotopic (exact) mass is 388 g/mol. The van der Waals surface area contributed by atoms with Crippen LogP contribution in [-0.2, 0) is 16.0 Å². The van der Waals surface area contributed by atoms with E-state index in [0.29, 0.717) is 52.6 Å². The fourth-order valence-electron chi connectivity index (χ4n) is 3.98. The maximum Gasteiger partial charge on any atom is 0.341 e. The summed E-state index contributed by atoms with van der Waals surface area (Å²) < 4.78 is 5.16. The predicted molar refractivity (Wildman–Crippen MR) is 102 cm³/mol. The van der Waals surface area contributed by atoms with Crippen LogP contribution in [0.3, 0.4) is 0 Å². The Morgan fingerprint density at radius 3 is 2.74 bits per heavy atom. The van der Waals surface area contributed by atoms with Gasteiger partial charge in [0, 0.05) is 18.8 Å². The van der Waals surface area contributed by atoms with Crippen LogP contribution in [0.4, 0.5) is 5.00 Å². The van der Waals surface area contributed by atoms with E-state index in [1.807, 2.05) is 0 Å². The number of fused-ring (bicyclic) bond motifs is 1. The third kappa shape index (κ3) is 3.91. The number of rotatable bonds is 7. The van der Waals surface area contributed by atoms with E-state index in [1.165, 1.54) is 18.3 Å². The first-order valence-electron chi connectivity index (χ1n) is 9.44. The summed E-state index contributed by atoms with van der Waals surface area (Å²) in [5.74, 6) is -0.204. The molecule has 0 saturated heterocycles. The summed E-state index contributed by atoms with van der Waals surface area (Å²) >= 11 is 1.17. The minimum atomic E-state index is -0.520. The Morgan fingerprint density at radius 2 is 2.15 bits per heavy atom. The van der Waals surface area contributed by atoms with Crippen molar-refractivity contribution in [3.8, 4) is 6.07 Å². The van der Waals surface area contributed by atoms with Gasteiger partial charge < -0.3 is 10.1 Å². The molecule has 1 heterocycles. The van der Waals surface area contributed by atoms with Crippen LogP contribution in [0.15, 0.2) is 0 Å². The molecule has 0 aromatic carbocycles. The molecule has 1 unspecified atom stereocenters. The zero-order chi connectivity index (χ0) is 19.6. The lowest BCUT2D eigenvalue weighted by Gasteiger charge is -2.35. The standard InChI is InChI=1S/C20H24N2O4S/c1-3-26-19(25)15-14-7-9-20(8-4-10-21,11-13-5-6-13)17(24)16(14)27-18(15)22-12(2)23/h13H,3-9,11H2,1-2H3,(H,22,23). The van der Waals surface area contributed by atoms with Gasteiger partial charge in [0.2, 0.25) is 5.91 Å². The van der Waals surface area contributed by atoms with Crippen LogP contribution in [0.5, 0.6) is 0 Å². The van der Waals surface area contributed by atoms with Gasteiger partial charge in [-0.1, -0.05) is 12.8 Å². The fraction of sp³-hybridized carbons (Fsp3) is 0.600. The number of ether oxygens (including phenoxy) is 1. The smallest absolute Gasteiger partial charge is 0.341 e. The van der Waals surface area contributed by atoms with E-state index < -0.39 is 11.4 Å². The van der Waals surface area contributed by atoms with Crippen LogP contribution in [0.2, 0.25) is 0 Å². The van der Waals surface area contributed by atoms with E-state index in [9.17, 15) is 14.4 Å². The number of nitrogens with zero attached hydrogens (tertiary/aromatic N) is 1. The van der Waals surface area contributed by atoms with Gasteiger partial charge in [-0.15, -0.1) is 11.3 Å². The molecule has 7 heteroatoms. The number of esters is 1. The van der Waals surface area contributed by atoms with Gasteiger partial charge in [0.15, 0.2) is 5.78 Å². The van der Waals surface area contributed by atoms with Gasteiger partial charge in [0.1, 0.15) is 5.00 Å². The van der Waals surface area contributed by atoms with Crippen molar-refractivity contribution in [1.82, 2.24) is 0 Å². The topological polar surface area (TPSA) is 96.3 Å². The van der Waals surface area contributed by atoms with Crippen molar-refractivity contribution in [3.05, 3.63) is 16.0 Å². The van der Waals surface area contributed by atoms with Gasteiger partial charge >= 0.3 is 5.97 Å². The van der Waals surface area contributed by atoms with E-state index in [2.05, 4.69) is 11.4 Å². The molecule has 1 atom stereocenters. The SMILES string of the molecule is CCOC(=O)c1c(NC(C)=O)sc2c1CCC(CCC#N)(CC1CC1)C2=O. The third-order valence-electron chi connectivity index (χ3n) is 5.41. The summed E-state index contributed by atoms with van der Waals surface area (Å²) in [6.45, 7) is 3.33. The van der Waals surface area contributed by atoms with Crippen molar-refractivity contribution in [1.29, 1.82) is 5.26 Å². The van der Waals surface area contributed by atoms with Gasteiger partial charge in [-0.25, -0.2) is 4.79 Å². The zero-order valence-electron chi connectivity index (χ0n) is 15.7. The number of nitrogens with one attached hydrogen (secondary N) is 1. The molecule has 2 aliphatic rings. The average molecular weight is 388 g/mol. The van der Waals surface area contributed by atoms with Crippen molar-refractivity contribution in [2.75, 3.05) is 11.9 Å². The second-order valence-electron chi connectivity index (χ2n) is 7.43. The summed E-state index contributed by atoms with van der Waals surface area (Å²) in [4.78, 5) is 38.1. The van der Waals surface area contributed by atoms with E-state index in [1.54, 1.807) is 6.92 Å². The number of thiophene rings is 1. The van der Waals surface area contributed by atoms with Crippen molar-refractivity contribution < 1.29 is 19.1 Å². The molecule has 2 aliphatic carbocycles. The molecule has 144 valence electrons. The van der Waals surface area contributed by atoms with Crippen LogP contribution >= 0.6 is 11.3 Å². The summed E-state index contributed by atoms with van der Waals surface area (Å²) in [5, 5.41) is 12.1. The maximum absolute atomic E-state index is 13.5. The minimum absolute atomic E-state index is 0.0260. The second-order valence-corrected chi connectivity index (χ2v) is 8.45. The molecule has 6 nitrogen and oxygen atoms in total. The van der Waals surface area contributed by atoms with Gasteiger partial charge in [-0.3, -0.25) is 9.59 Å². The number of anilines is 1. The molecule has 0 radical (unpaired) electrons. The summed E-state index contributed by atoms with van der Waals surface area (Å²) in [5.41, 5.74) is 0.491. The molecule has 1 amide bonds. The number of hydrogen-bond acceptors (Lipinski definition) is 6. The van der Waals surface area contributed by atoms with Gasteiger partial charge in [0.25, 0.3) is 0 Å². The van der Waals surface area contributed by atoms with Crippen molar-refractivity contribution in [2.24, 2.45) is 11.3 Å². The highest BCUT2D eigenvalue weighted by molar-refractivity contribution is 7.19. The molecule has 1 saturated carbocycles. The number of nitriles is 1. The largest absolute Gasteiger partial charge is 0.462 e. The zero-order valence-corrected chi connectivity index (χ0v) is 16.5. The Balaban J connectivity index is 2.02. The molecule has 0 bridgehead atoms. The molecular formula is C20H24N2O4S. The number of amides is 1. The number of carbonyl (C=O) groups excluding carboxylic acids is 3. The molecule has 1 aromatic rings. The molecule has 1 N–H and O–H groups in total. The van der Waals surface area contributed by atoms with Gasteiger partial charge in [-0.05, 0) is 44.1 Å². The highest BCUT2D eigenvalue weighted by Gasteiger charge is 2.47. The Labute approximate surface area is 162 Å². The Bertz CT molecular complexity index is 819. The number of Topliss-reactive ketones (excluding diaryl/α,β-unsaturated/α-hetero) is 1. The lowest BCUT2D eigenvalue weighted by molar-refractivity contribution is -0.114. The lowest BCUT2D eigenvalue weighted by Crippen LogP contribution is -2.36. The van der Waals surface area contributed by atoms with Crippen LogP contribution in [-0.4, -0.2) is 24.3 Å². The van der Waals surface area contributed by atoms with E-state index in [-0.39, 0.29) is 18.3 Å². The van der Waals surface area contributed by atoms with Crippen molar-refractivity contribution >= 4 is 34.0 Å². The highest BCUT2D eigenvalue weighted by Crippen LogP contribution is 2.52. The van der Waals surface area contributed by atoms with Crippen LogP contribution < -0.4 is 5.32 Å². The highest BCUT2D eigenvalue weighted by atomic mass is 32.1. The summed E-state index contributed by atoms with van der Waals surface area (Å²) in [6, 6.07) is 2.18. The van der Waals surface area contributed by atoms with E-state index in [4.69, 9.17) is 10.00 Å². The molecule has 0 aliphatic heterocycles. The molecule has 27 heavy (non-hydrogen) atoms. The number of carbonyl (C=O) groups is 3. The average Bonchev–Trinajstić information content (AvgIpc) is 3.35. The first kappa shape index (κ1) is 19.6. The van der Waals surface area contributed by atoms with Gasteiger partial charge in [0.05, 0.1) is 23.1 Å².